The first-order valence-electron chi connectivity index (χ1n) is 9.70. The monoisotopic (exact) mass is 403 g/mol. The van der Waals surface area contributed by atoms with Gasteiger partial charge in [0.1, 0.15) is 39.2 Å². The van der Waals surface area contributed by atoms with E-state index in [1.54, 1.807) is 0 Å². The molecule has 10 radical (unpaired) electrons. The second-order valence-electron chi connectivity index (χ2n) is 7.48. The second-order valence-corrected chi connectivity index (χ2v) is 7.91. The SMILES string of the molecule is [B]c1c([B])c([B])c(-c2cccc3c2c2cc(Cl)ccc2n3-c2ccccc2)c([B])c1[B]. The topological polar surface area (TPSA) is 4.93 Å². The summed E-state index contributed by atoms with van der Waals surface area (Å²) in [6.07, 6.45) is 0. The zero-order valence-electron chi connectivity index (χ0n) is 16.6. The van der Waals surface area contributed by atoms with Crippen molar-refractivity contribution < 1.29 is 0 Å². The van der Waals surface area contributed by atoms with Crippen molar-refractivity contribution in [2.24, 2.45) is 0 Å². The summed E-state index contributed by atoms with van der Waals surface area (Å²) in [5, 5.41) is 2.55. The molecule has 0 bridgehead atoms. The lowest BCUT2D eigenvalue weighted by molar-refractivity contribution is 1.18. The summed E-state index contributed by atoms with van der Waals surface area (Å²) in [6, 6.07) is 21.9. The molecule has 1 aromatic heterocycles. The van der Waals surface area contributed by atoms with Crippen LogP contribution < -0.4 is 27.3 Å². The Kier molecular flexibility index (Phi) is 4.86. The molecule has 7 heteroatoms. The average molecular weight is 403 g/mol. The average Bonchev–Trinajstić information content (AvgIpc) is 3.11. The van der Waals surface area contributed by atoms with Gasteiger partial charge in [-0.3, -0.25) is 0 Å². The van der Waals surface area contributed by atoms with E-state index >= 15 is 0 Å². The van der Waals surface area contributed by atoms with Gasteiger partial charge in [-0.25, -0.2) is 0 Å². The lowest BCUT2D eigenvalue weighted by Crippen LogP contribution is -2.55. The summed E-state index contributed by atoms with van der Waals surface area (Å²) >= 11 is 6.39. The van der Waals surface area contributed by atoms with Gasteiger partial charge in [-0.1, -0.05) is 52.9 Å². The van der Waals surface area contributed by atoms with Gasteiger partial charge in [0.25, 0.3) is 0 Å². The van der Waals surface area contributed by atoms with Crippen molar-refractivity contribution in [3.8, 4) is 16.8 Å². The van der Waals surface area contributed by atoms with Crippen molar-refractivity contribution in [2.75, 3.05) is 0 Å². The van der Waals surface area contributed by atoms with Gasteiger partial charge >= 0.3 is 0 Å². The molecule has 1 heterocycles. The molecule has 5 rings (SSSR count). The minimum Gasteiger partial charge on any atom is -0.309 e. The Morgan fingerprint density at radius 1 is 0.613 bits per heavy atom. The van der Waals surface area contributed by atoms with Crippen LogP contribution in [0.25, 0.3) is 38.6 Å². The Morgan fingerprint density at radius 3 is 1.94 bits per heavy atom. The molecule has 0 unspecified atom stereocenters. The maximum Gasteiger partial charge on any atom is 0.113 e. The quantitative estimate of drug-likeness (QED) is 0.389. The molecule has 134 valence electrons. The van der Waals surface area contributed by atoms with Gasteiger partial charge in [-0.2, -0.15) is 0 Å². The molecule has 0 N–H and O–H groups in total. The zero-order valence-corrected chi connectivity index (χ0v) is 17.3. The number of halogens is 1. The number of rotatable bonds is 2. The molecule has 0 fully saturated rings. The minimum absolute atomic E-state index is 0.195. The Bertz CT molecular complexity index is 1460. The van der Waals surface area contributed by atoms with Crippen LogP contribution in [0.3, 0.4) is 0 Å². The number of para-hydroxylation sites is 1. The number of aromatic nitrogens is 1. The molecule has 0 amide bonds. The highest BCUT2D eigenvalue weighted by molar-refractivity contribution is 6.68. The maximum atomic E-state index is 6.39. The predicted octanol–water partition coefficient (Wildman–Crippen LogP) is 1.07. The lowest BCUT2D eigenvalue weighted by Gasteiger charge is -2.22. The summed E-state index contributed by atoms with van der Waals surface area (Å²) in [5.74, 6) is 0. The van der Waals surface area contributed by atoms with Gasteiger partial charge in [0.2, 0.25) is 0 Å². The molecular weight excluding hydrogens is 392 g/mol. The van der Waals surface area contributed by atoms with Gasteiger partial charge in [0.05, 0.1) is 11.0 Å². The van der Waals surface area contributed by atoms with E-state index < -0.39 is 0 Å². The molecule has 0 aliphatic carbocycles. The van der Waals surface area contributed by atoms with Crippen LogP contribution in [0.1, 0.15) is 0 Å². The third-order valence-corrected chi connectivity index (χ3v) is 5.97. The summed E-state index contributed by atoms with van der Waals surface area (Å²) in [5.41, 5.74) is 5.65. The van der Waals surface area contributed by atoms with E-state index in [0.29, 0.717) is 21.5 Å². The summed E-state index contributed by atoms with van der Waals surface area (Å²) in [7, 11) is 31.1. The molecule has 0 aliphatic heterocycles. The molecule has 1 nitrogen and oxygen atoms in total. The predicted molar refractivity (Wildman–Crippen MR) is 138 cm³/mol. The number of nitrogens with zero attached hydrogens (tertiary/aromatic N) is 1. The number of fused-ring (bicyclic) bond motifs is 3. The molecule has 0 aliphatic rings. The fourth-order valence-corrected chi connectivity index (χ4v) is 4.42. The van der Waals surface area contributed by atoms with Crippen LogP contribution in [0.5, 0.6) is 0 Å². The van der Waals surface area contributed by atoms with Crippen LogP contribution in [-0.4, -0.2) is 43.8 Å². The third kappa shape index (κ3) is 3.00. The van der Waals surface area contributed by atoms with Crippen LogP contribution in [0.2, 0.25) is 5.02 Å². The van der Waals surface area contributed by atoms with E-state index in [4.69, 9.17) is 50.8 Å². The fourth-order valence-electron chi connectivity index (χ4n) is 4.25. The third-order valence-electron chi connectivity index (χ3n) is 5.74. The second kappa shape index (κ2) is 7.46. The van der Waals surface area contributed by atoms with Crippen molar-refractivity contribution in [3.63, 3.8) is 0 Å². The molecule has 0 saturated carbocycles. The summed E-state index contributed by atoms with van der Waals surface area (Å²) in [4.78, 5) is 0. The van der Waals surface area contributed by atoms with E-state index in [9.17, 15) is 0 Å². The Hall–Kier alpha value is -2.71. The zero-order chi connectivity index (χ0) is 21.9. The van der Waals surface area contributed by atoms with Crippen molar-refractivity contribution in [3.05, 3.63) is 71.8 Å². The first-order valence-corrected chi connectivity index (χ1v) is 10.1. The summed E-state index contributed by atoms with van der Waals surface area (Å²) in [6.45, 7) is 0. The Balaban J connectivity index is 1.99. The van der Waals surface area contributed by atoms with Crippen LogP contribution >= 0.6 is 11.6 Å². The molecule has 0 atom stereocenters. The number of hydrogen-bond acceptors (Lipinski definition) is 0. The highest BCUT2D eigenvalue weighted by Crippen LogP contribution is 2.38. The van der Waals surface area contributed by atoms with Crippen LogP contribution in [-0.2, 0) is 0 Å². The molecule has 4 aromatic carbocycles. The van der Waals surface area contributed by atoms with Crippen molar-refractivity contribution in [2.45, 2.75) is 0 Å². The number of benzene rings is 4. The normalized spacial score (nSPS) is 11.4. The van der Waals surface area contributed by atoms with Crippen molar-refractivity contribution >= 4 is 100.0 Å². The molecule has 31 heavy (non-hydrogen) atoms. The van der Waals surface area contributed by atoms with E-state index in [-0.39, 0.29) is 16.4 Å². The van der Waals surface area contributed by atoms with Crippen LogP contribution in [0.15, 0.2) is 66.7 Å². The van der Waals surface area contributed by atoms with E-state index in [1.807, 2.05) is 48.5 Å². The van der Waals surface area contributed by atoms with Crippen molar-refractivity contribution in [1.82, 2.24) is 4.57 Å². The van der Waals surface area contributed by atoms with Gasteiger partial charge in [0, 0.05) is 21.5 Å². The van der Waals surface area contributed by atoms with E-state index in [1.165, 1.54) is 0 Å². The first kappa shape index (κ1) is 20.2. The molecule has 0 saturated heterocycles. The lowest BCUT2D eigenvalue weighted by atomic mass is 9.59. The Labute approximate surface area is 192 Å². The Morgan fingerprint density at radius 2 is 1.26 bits per heavy atom. The van der Waals surface area contributed by atoms with Crippen molar-refractivity contribution in [1.29, 1.82) is 0 Å². The number of hydrogen-bond donors (Lipinski definition) is 0. The highest BCUT2D eigenvalue weighted by Gasteiger charge is 2.19. The van der Waals surface area contributed by atoms with E-state index in [0.717, 1.165) is 33.1 Å². The standard InChI is InChI=1S/C24H11B5ClN/c25-20-19(21(26)23(28)24(29)22(20)27)14-7-4-8-17-18(14)15-11-12(30)9-10-16(15)31(17)13-5-2-1-3-6-13/h1-11H. The van der Waals surface area contributed by atoms with Crippen LogP contribution in [0.4, 0.5) is 0 Å². The molecule has 0 spiro atoms. The van der Waals surface area contributed by atoms with Crippen LogP contribution in [0, 0.1) is 0 Å². The largest absolute Gasteiger partial charge is 0.309 e. The van der Waals surface area contributed by atoms with Gasteiger partial charge in [-0.15, -0.1) is 16.4 Å². The fraction of sp³-hybridized carbons (Fsp3) is 0. The van der Waals surface area contributed by atoms with Gasteiger partial charge in [-0.05, 0) is 47.5 Å². The van der Waals surface area contributed by atoms with E-state index in [2.05, 4.69) is 22.8 Å². The smallest absolute Gasteiger partial charge is 0.113 e. The molecular formula is C24H11B5ClN. The minimum atomic E-state index is 0.195. The summed E-state index contributed by atoms with van der Waals surface area (Å²) < 4.78 is 2.18. The first-order chi connectivity index (χ1) is 14.9. The molecule has 5 aromatic rings. The van der Waals surface area contributed by atoms with Gasteiger partial charge in [0.15, 0.2) is 0 Å². The maximum absolute atomic E-state index is 6.39. The highest BCUT2D eigenvalue weighted by atomic mass is 35.5. The van der Waals surface area contributed by atoms with Gasteiger partial charge < -0.3 is 4.57 Å².